The first kappa shape index (κ1) is 29.4. The molecule has 3 aromatic rings. The van der Waals surface area contributed by atoms with Crippen LogP contribution >= 0.6 is 0 Å². The lowest BCUT2D eigenvalue weighted by Gasteiger charge is -2.19. The number of aryl methyl sites for hydroxylation is 1. The zero-order valence-corrected chi connectivity index (χ0v) is 22.9. The molecule has 224 valence electrons. The van der Waals surface area contributed by atoms with Crippen molar-refractivity contribution in [3.63, 3.8) is 0 Å². The number of amides is 1. The topological polar surface area (TPSA) is 133 Å². The second-order valence-electron chi connectivity index (χ2n) is 9.54. The molecule has 2 fully saturated rings. The summed E-state index contributed by atoms with van der Waals surface area (Å²) in [7, 11) is 2.83. The minimum Gasteiger partial charge on any atom is -0.494 e. The number of ether oxygens (including phenoxy) is 5. The number of hydrogen-bond acceptors (Lipinski definition) is 10. The molecule has 3 heterocycles. The molecule has 3 N–H and O–H groups in total. The minimum absolute atomic E-state index is 0.0835. The van der Waals surface area contributed by atoms with Gasteiger partial charge in [-0.3, -0.25) is 4.79 Å². The molecule has 5 rings (SSSR count). The predicted molar refractivity (Wildman–Crippen MR) is 142 cm³/mol. The number of hydrogen-bond donors (Lipinski definition) is 3. The number of halogens is 3. The number of benzene rings is 2. The molecule has 2 aliphatic rings. The summed E-state index contributed by atoms with van der Waals surface area (Å²) in [5.41, 5.74) is -0.180. The molecule has 2 saturated heterocycles. The zero-order valence-electron chi connectivity index (χ0n) is 22.9. The van der Waals surface area contributed by atoms with Gasteiger partial charge in [0.15, 0.2) is 6.10 Å². The van der Waals surface area contributed by atoms with Crippen molar-refractivity contribution in [2.24, 2.45) is 0 Å². The van der Waals surface area contributed by atoms with E-state index in [1.54, 1.807) is 30.3 Å². The third-order valence-corrected chi connectivity index (χ3v) is 6.90. The number of carbonyl (C=O) groups excluding carboxylic acids is 1. The van der Waals surface area contributed by atoms with Crippen LogP contribution in [0.25, 0.3) is 0 Å². The summed E-state index contributed by atoms with van der Waals surface area (Å²) in [6.45, 7) is 2.21. The fourth-order valence-electron chi connectivity index (χ4n) is 4.83. The fraction of sp³-hybridized carbons (Fsp3) is 0.393. The molecule has 42 heavy (non-hydrogen) atoms. The Labute approximate surface area is 238 Å². The Bertz CT molecular complexity index is 1460. The first-order chi connectivity index (χ1) is 20.1. The van der Waals surface area contributed by atoms with Crippen molar-refractivity contribution in [1.82, 2.24) is 15.3 Å². The maximum atomic E-state index is 13.9. The van der Waals surface area contributed by atoms with Crippen LogP contribution in [0.2, 0.25) is 0 Å². The monoisotopic (exact) mass is 590 g/mol. The van der Waals surface area contributed by atoms with E-state index in [0.29, 0.717) is 35.4 Å². The number of anilines is 2. The second kappa shape index (κ2) is 12.0. The van der Waals surface area contributed by atoms with Crippen molar-refractivity contribution in [2.45, 2.75) is 43.9 Å². The summed E-state index contributed by atoms with van der Waals surface area (Å²) in [5, 5.41) is 15.3. The van der Waals surface area contributed by atoms with Crippen LogP contribution < -0.4 is 24.8 Å². The number of aliphatic hydroxyl groups is 1. The standard InChI is InChI=1S/C28H29F3N4O7/c1-4-14-6-5-7-19(22(14)25(37)32-2)42-26-16(28(29,30)31)11-33-27(35-26)34-17-9-8-15(10-20(17)38-3)41-21-13-40-23-18(36)12-39-24(21)23/h5-11,18,21,23-24,36H,4,12-13H2,1-3H3,(H,32,37)(H,33,34,35)/t18-,21-,23-,24-/m1/s1. The van der Waals surface area contributed by atoms with Gasteiger partial charge in [-0.15, -0.1) is 0 Å². The summed E-state index contributed by atoms with van der Waals surface area (Å²) >= 11 is 0. The highest BCUT2D eigenvalue weighted by molar-refractivity contribution is 5.98. The Hall–Kier alpha value is -4.14. The van der Waals surface area contributed by atoms with E-state index in [9.17, 15) is 23.1 Å². The molecular weight excluding hydrogens is 561 g/mol. The van der Waals surface area contributed by atoms with Crippen LogP contribution in [0.1, 0.15) is 28.4 Å². The average molecular weight is 591 g/mol. The van der Waals surface area contributed by atoms with Crippen LogP contribution in [0, 0.1) is 0 Å². The molecule has 1 aromatic heterocycles. The van der Waals surface area contributed by atoms with Crippen molar-refractivity contribution in [3.8, 4) is 23.1 Å². The molecule has 1 amide bonds. The Kier molecular flexibility index (Phi) is 8.38. The number of fused-ring (bicyclic) bond motifs is 1. The van der Waals surface area contributed by atoms with Gasteiger partial charge in [0.25, 0.3) is 5.91 Å². The van der Waals surface area contributed by atoms with Crippen LogP contribution in [0.15, 0.2) is 42.6 Å². The van der Waals surface area contributed by atoms with E-state index in [1.807, 2.05) is 6.92 Å². The molecule has 14 heteroatoms. The molecule has 2 aliphatic heterocycles. The van der Waals surface area contributed by atoms with Gasteiger partial charge in [0, 0.05) is 19.3 Å². The summed E-state index contributed by atoms with van der Waals surface area (Å²) in [6, 6.07) is 9.46. The van der Waals surface area contributed by atoms with Gasteiger partial charge in [-0.05, 0) is 30.2 Å². The van der Waals surface area contributed by atoms with E-state index in [0.717, 1.165) is 0 Å². The predicted octanol–water partition coefficient (Wildman–Crippen LogP) is 3.87. The van der Waals surface area contributed by atoms with E-state index in [2.05, 4.69) is 20.6 Å². The van der Waals surface area contributed by atoms with Gasteiger partial charge < -0.3 is 39.4 Å². The summed E-state index contributed by atoms with van der Waals surface area (Å²) < 4.78 is 69.9. The van der Waals surface area contributed by atoms with Gasteiger partial charge >= 0.3 is 6.18 Å². The van der Waals surface area contributed by atoms with E-state index < -0.39 is 47.9 Å². The van der Waals surface area contributed by atoms with Gasteiger partial charge in [-0.25, -0.2) is 4.98 Å². The SMILES string of the molecule is CCc1cccc(Oc2nc(Nc3ccc(O[C@@H]4CO[C@H]5[C@@H]4OC[C@H]5O)cc3OC)ncc2C(F)(F)F)c1C(=O)NC. The number of nitrogens with one attached hydrogen (secondary N) is 2. The normalized spacial score (nSPS) is 21.5. The zero-order chi connectivity index (χ0) is 30.0. The molecule has 11 nitrogen and oxygen atoms in total. The van der Waals surface area contributed by atoms with Crippen molar-refractivity contribution in [2.75, 3.05) is 32.7 Å². The Balaban J connectivity index is 1.41. The van der Waals surface area contributed by atoms with Crippen LogP contribution in [0.4, 0.5) is 24.8 Å². The van der Waals surface area contributed by atoms with E-state index in [4.69, 9.17) is 23.7 Å². The van der Waals surface area contributed by atoms with Crippen molar-refractivity contribution < 1.29 is 46.8 Å². The van der Waals surface area contributed by atoms with Gasteiger partial charge in [0.1, 0.15) is 41.1 Å². The van der Waals surface area contributed by atoms with E-state index in [-0.39, 0.29) is 30.5 Å². The van der Waals surface area contributed by atoms with Crippen LogP contribution in [-0.4, -0.2) is 72.8 Å². The Morgan fingerprint density at radius 3 is 2.64 bits per heavy atom. The highest BCUT2D eigenvalue weighted by Crippen LogP contribution is 2.39. The second-order valence-corrected chi connectivity index (χ2v) is 9.54. The van der Waals surface area contributed by atoms with Crippen molar-refractivity contribution >= 4 is 17.5 Å². The number of nitrogens with zero attached hydrogens (tertiary/aromatic N) is 2. The lowest BCUT2D eigenvalue weighted by molar-refractivity contribution is -0.139. The van der Waals surface area contributed by atoms with Crippen LogP contribution in [0.3, 0.4) is 0 Å². The highest BCUT2D eigenvalue weighted by atomic mass is 19.4. The third kappa shape index (κ3) is 5.91. The summed E-state index contributed by atoms with van der Waals surface area (Å²) in [5.74, 6) is -0.874. The third-order valence-electron chi connectivity index (χ3n) is 6.90. The lowest BCUT2D eigenvalue weighted by Crippen LogP contribution is -2.34. The van der Waals surface area contributed by atoms with Gasteiger partial charge in [-0.1, -0.05) is 19.1 Å². The number of aromatic nitrogens is 2. The maximum absolute atomic E-state index is 13.9. The summed E-state index contributed by atoms with van der Waals surface area (Å²) in [4.78, 5) is 20.4. The molecule has 0 radical (unpaired) electrons. The van der Waals surface area contributed by atoms with Crippen molar-refractivity contribution in [3.05, 3.63) is 59.3 Å². The quantitative estimate of drug-likeness (QED) is 0.337. The molecule has 0 spiro atoms. The average Bonchev–Trinajstić information content (AvgIpc) is 3.55. The van der Waals surface area contributed by atoms with E-state index >= 15 is 0 Å². The van der Waals surface area contributed by atoms with Crippen LogP contribution in [0.5, 0.6) is 23.1 Å². The molecule has 2 aromatic carbocycles. The fourth-order valence-corrected chi connectivity index (χ4v) is 4.83. The van der Waals surface area contributed by atoms with Crippen molar-refractivity contribution in [1.29, 1.82) is 0 Å². The minimum atomic E-state index is -4.83. The van der Waals surface area contributed by atoms with Gasteiger partial charge in [0.2, 0.25) is 11.8 Å². The first-order valence-corrected chi connectivity index (χ1v) is 13.1. The Morgan fingerprint density at radius 2 is 1.93 bits per heavy atom. The number of aliphatic hydroxyl groups excluding tert-OH is 1. The summed E-state index contributed by atoms with van der Waals surface area (Å²) in [6.07, 6.45) is -5.81. The van der Waals surface area contributed by atoms with Gasteiger partial charge in [-0.2, -0.15) is 18.2 Å². The van der Waals surface area contributed by atoms with Gasteiger partial charge in [0.05, 0.1) is 31.6 Å². The van der Waals surface area contributed by atoms with E-state index in [1.165, 1.54) is 20.2 Å². The maximum Gasteiger partial charge on any atom is 0.423 e. The molecule has 0 unspecified atom stereocenters. The number of alkyl halides is 3. The largest absolute Gasteiger partial charge is 0.494 e. The molecule has 4 atom stereocenters. The number of carbonyl (C=O) groups is 1. The Morgan fingerprint density at radius 1 is 1.14 bits per heavy atom. The molecule has 0 aliphatic carbocycles. The first-order valence-electron chi connectivity index (χ1n) is 13.1. The highest BCUT2D eigenvalue weighted by Gasteiger charge is 2.48. The molecular formula is C28H29F3N4O7. The smallest absolute Gasteiger partial charge is 0.423 e. The lowest BCUT2D eigenvalue weighted by atomic mass is 10.0. The van der Waals surface area contributed by atoms with Crippen LogP contribution in [-0.2, 0) is 22.1 Å². The molecule has 0 saturated carbocycles. The number of methoxy groups -OCH3 is 1. The number of rotatable bonds is 9. The molecule has 0 bridgehead atoms.